The van der Waals surface area contributed by atoms with Crippen molar-refractivity contribution >= 4 is 5.57 Å². The highest BCUT2D eigenvalue weighted by Crippen LogP contribution is 2.46. The van der Waals surface area contributed by atoms with Crippen LogP contribution in [0.4, 0.5) is 22.0 Å². The van der Waals surface area contributed by atoms with Crippen molar-refractivity contribution < 1.29 is 26.7 Å². The molecule has 0 amide bonds. The molecular weight excluding hydrogens is 451 g/mol. The quantitative estimate of drug-likeness (QED) is 0.559. The van der Waals surface area contributed by atoms with Gasteiger partial charge in [0.25, 0.3) is 12.0 Å². The van der Waals surface area contributed by atoms with Gasteiger partial charge < -0.3 is 10.5 Å². The van der Waals surface area contributed by atoms with Crippen LogP contribution in [0.3, 0.4) is 0 Å². The van der Waals surface area contributed by atoms with Gasteiger partial charge in [0, 0.05) is 31.7 Å². The molecule has 1 aromatic rings. The lowest BCUT2D eigenvalue weighted by Crippen LogP contribution is -2.48. The Labute approximate surface area is 186 Å². The Bertz CT molecular complexity index is 1030. The van der Waals surface area contributed by atoms with Crippen molar-refractivity contribution in [3.63, 3.8) is 0 Å². The number of hydrogen-bond acceptors (Lipinski definition) is 5. The number of H-pyrrole nitrogens is 1. The number of halogens is 5. The molecule has 12 heteroatoms. The fraction of sp³-hybridized carbons (Fsp3) is 0.714. The van der Waals surface area contributed by atoms with Gasteiger partial charge in [-0.3, -0.25) is 28.0 Å². The standard InChI is InChI=1S/C21H27F5N4O3/c1-33-18-16-13(20(31)28-21(32)30(16)11-2-3-11)12(19(25)26)14(24)17(18)29-5-4-9(8-29)15(27)10(6-22)7-23/h9-11,15,17-19H,2-8,27H2,1H3,(H,28,31,32). The monoisotopic (exact) mass is 478 g/mol. The molecule has 2 heterocycles. The molecule has 0 spiro atoms. The lowest BCUT2D eigenvalue weighted by atomic mass is 9.87. The summed E-state index contributed by atoms with van der Waals surface area (Å²) < 4.78 is 76.8. The topological polar surface area (TPSA) is 93.3 Å². The minimum Gasteiger partial charge on any atom is -0.373 e. The van der Waals surface area contributed by atoms with Crippen LogP contribution >= 0.6 is 0 Å². The molecule has 3 aliphatic rings. The number of nitrogens with two attached hydrogens (primary N) is 1. The van der Waals surface area contributed by atoms with Crippen LogP contribution in [0.1, 0.15) is 42.7 Å². The summed E-state index contributed by atoms with van der Waals surface area (Å²) in [6.07, 6.45) is -2.89. The lowest BCUT2D eigenvalue weighted by molar-refractivity contribution is 0.0160. The molecule has 7 nitrogen and oxygen atoms in total. The van der Waals surface area contributed by atoms with Gasteiger partial charge in [-0.25, -0.2) is 18.0 Å². The van der Waals surface area contributed by atoms with Crippen molar-refractivity contribution in [3.05, 3.63) is 37.9 Å². The van der Waals surface area contributed by atoms with Gasteiger partial charge in [0.2, 0.25) is 0 Å². The van der Waals surface area contributed by atoms with Crippen molar-refractivity contribution in [2.24, 2.45) is 17.6 Å². The zero-order chi connectivity index (χ0) is 24.0. The largest absolute Gasteiger partial charge is 0.373 e. The van der Waals surface area contributed by atoms with Gasteiger partial charge in [-0.2, -0.15) is 0 Å². The fourth-order valence-corrected chi connectivity index (χ4v) is 5.18. The summed E-state index contributed by atoms with van der Waals surface area (Å²) in [6.45, 7) is -1.54. The van der Waals surface area contributed by atoms with Crippen molar-refractivity contribution in [1.29, 1.82) is 0 Å². The number of rotatable bonds is 8. The molecule has 3 N–H and O–H groups in total. The van der Waals surface area contributed by atoms with Crippen LogP contribution in [0.2, 0.25) is 0 Å². The average molecular weight is 478 g/mol. The second kappa shape index (κ2) is 9.30. The van der Waals surface area contributed by atoms with E-state index in [2.05, 4.69) is 0 Å². The minimum absolute atomic E-state index is 0.0615. The Morgan fingerprint density at radius 1 is 1.18 bits per heavy atom. The molecular formula is C21H27F5N4O3. The van der Waals surface area contributed by atoms with Gasteiger partial charge in [0.1, 0.15) is 11.9 Å². The molecule has 1 aromatic heterocycles. The first-order chi connectivity index (χ1) is 15.7. The van der Waals surface area contributed by atoms with E-state index in [-0.39, 0.29) is 30.7 Å². The molecule has 1 aliphatic heterocycles. The van der Waals surface area contributed by atoms with E-state index in [4.69, 9.17) is 10.5 Å². The number of methoxy groups -OCH3 is 1. The number of nitrogens with one attached hydrogen (secondary N) is 1. The Kier molecular flexibility index (Phi) is 6.79. The maximum Gasteiger partial charge on any atom is 0.328 e. The SMILES string of the molecule is COC1c2c(c(=O)[nH]c(=O)n2C2CC2)C(C(F)F)=C(F)C1N1CCC(C(N)C(CF)CF)C1. The number of allylic oxidation sites excluding steroid dienone is 1. The Balaban J connectivity index is 1.80. The molecule has 33 heavy (non-hydrogen) atoms. The van der Waals surface area contributed by atoms with E-state index in [1.165, 1.54) is 11.7 Å². The molecule has 4 atom stereocenters. The number of nitrogens with zero attached hydrogens (tertiary/aromatic N) is 2. The maximum atomic E-state index is 15.7. The Morgan fingerprint density at radius 3 is 2.39 bits per heavy atom. The Hall–Kier alpha value is -2.05. The van der Waals surface area contributed by atoms with Gasteiger partial charge in [-0.05, 0) is 31.7 Å². The third-order valence-electron chi connectivity index (χ3n) is 7.04. The van der Waals surface area contributed by atoms with Gasteiger partial charge in [-0.15, -0.1) is 0 Å². The van der Waals surface area contributed by atoms with E-state index in [1.54, 1.807) is 4.90 Å². The number of hydrogen-bond donors (Lipinski definition) is 2. The summed E-state index contributed by atoms with van der Waals surface area (Å²) >= 11 is 0. The number of fused-ring (bicyclic) bond motifs is 1. The first kappa shape index (κ1) is 24.1. The lowest BCUT2D eigenvalue weighted by Gasteiger charge is -2.39. The van der Waals surface area contributed by atoms with Gasteiger partial charge >= 0.3 is 5.69 Å². The molecule has 184 valence electrons. The summed E-state index contributed by atoms with van der Waals surface area (Å²) in [5.74, 6) is -2.60. The molecule has 0 aromatic carbocycles. The zero-order valence-electron chi connectivity index (χ0n) is 18.1. The first-order valence-electron chi connectivity index (χ1n) is 11.0. The number of aromatic nitrogens is 2. The van der Waals surface area contributed by atoms with Gasteiger partial charge in [0.05, 0.1) is 36.2 Å². The van der Waals surface area contributed by atoms with Crippen LogP contribution in [0.5, 0.6) is 0 Å². The van der Waals surface area contributed by atoms with Gasteiger partial charge in [0.15, 0.2) is 0 Å². The maximum absolute atomic E-state index is 15.7. The predicted molar refractivity (Wildman–Crippen MR) is 110 cm³/mol. The van der Waals surface area contributed by atoms with E-state index < -0.39 is 72.1 Å². The normalized spacial score (nSPS) is 27.0. The highest BCUT2D eigenvalue weighted by Gasteiger charge is 2.48. The molecule has 2 fully saturated rings. The smallest absolute Gasteiger partial charge is 0.328 e. The predicted octanol–water partition coefficient (Wildman–Crippen LogP) is 2.09. The molecule has 0 radical (unpaired) electrons. The molecule has 2 aliphatic carbocycles. The van der Waals surface area contributed by atoms with E-state index in [1.807, 2.05) is 4.98 Å². The van der Waals surface area contributed by atoms with E-state index in [0.717, 1.165) is 0 Å². The molecule has 1 saturated heterocycles. The second-order valence-corrected chi connectivity index (χ2v) is 8.97. The third kappa shape index (κ3) is 4.06. The van der Waals surface area contributed by atoms with E-state index in [9.17, 15) is 27.2 Å². The molecule has 0 bridgehead atoms. The van der Waals surface area contributed by atoms with Crippen LogP contribution in [0, 0.1) is 11.8 Å². The summed E-state index contributed by atoms with van der Waals surface area (Å²) in [5, 5.41) is 0. The number of ether oxygens (including phenoxy) is 1. The molecule has 4 rings (SSSR count). The van der Waals surface area contributed by atoms with Crippen LogP contribution in [0.25, 0.3) is 5.57 Å². The summed E-state index contributed by atoms with van der Waals surface area (Å²) in [6, 6.07) is -2.45. The zero-order valence-corrected chi connectivity index (χ0v) is 18.1. The van der Waals surface area contributed by atoms with Crippen LogP contribution in [0.15, 0.2) is 15.4 Å². The van der Waals surface area contributed by atoms with Crippen LogP contribution in [-0.2, 0) is 4.74 Å². The van der Waals surface area contributed by atoms with Crippen LogP contribution in [-0.4, -0.2) is 66.5 Å². The summed E-state index contributed by atoms with van der Waals surface area (Å²) in [4.78, 5) is 28.7. The minimum atomic E-state index is -3.31. The first-order valence-corrected chi connectivity index (χ1v) is 11.0. The number of aromatic amines is 1. The van der Waals surface area contributed by atoms with Crippen molar-refractivity contribution in [2.45, 2.75) is 49.9 Å². The fourth-order valence-electron chi connectivity index (χ4n) is 5.18. The third-order valence-corrected chi connectivity index (χ3v) is 7.04. The average Bonchev–Trinajstić information content (AvgIpc) is 3.49. The molecule has 1 saturated carbocycles. The van der Waals surface area contributed by atoms with E-state index >= 15 is 4.39 Å². The van der Waals surface area contributed by atoms with Crippen molar-refractivity contribution in [2.75, 3.05) is 33.5 Å². The highest BCUT2D eigenvalue weighted by atomic mass is 19.3. The van der Waals surface area contributed by atoms with Crippen LogP contribution < -0.4 is 17.0 Å². The Morgan fingerprint density at radius 2 is 1.85 bits per heavy atom. The van der Waals surface area contributed by atoms with Crippen molar-refractivity contribution in [3.8, 4) is 0 Å². The van der Waals surface area contributed by atoms with Crippen molar-refractivity contribution in [1.82, 2.24) is 14.5 Å². The summed E-state index contributed by atoms with van der Waals surface area (Å²) in [7, 11) is 1.26. The summed E-state index contributed by atoms with van der Waals surface area (Å²) in [5.41, 5.74) is 2.51. The second-order valence-electron chi connectivity index (χ2n) is 8.97. The number of alkyl halides is 4. The van der Waals surface area contributed by atoms with E-state index in [0.29, 0.717) is 19.3 Å². The highest BCUT2D eigenvalue weighted by molar-refractivity contribution is 5.74. The molecule has 4 unspecified atom stereocenters. The van der Waals surface area contributed by atoms with Gasteiger partial charge in [-0.1, -0.05) is 0 Å². The number of likely N-dealkylation sites (tertiary alicyclic amines) is 1.